The van der Waals surface area contributed by atoms with Crippen LogP contribution in [0.5, 0.6) is 0 Å². The van der Waals surface area contributed by atoms with Gasteiger partial charge in [-0.25, -0.2) is 0 Å². The maximum absolute atomic E-state index is 5.43. The minimum absolute atomic E-state index is 0.658. The second-order valence-corrected chi connectivity index (χ2v) is 6.16. The van der Waals surface area contributed by atoms with Gasteiger partial charge in [-0.2, -0.15) is 0 Å². The monoisotopic (exact) mass is 350 g/mol. The number of rotatable bonds is 6. The van der Waals surface area contributed by atoms with Gasteiger partial charge in [-0.05, 0) is 22.8 Å². The molecule has 136 valence electrons. The van der Waals surface area contributed by atoms with Crippen molar-refractivity contribution < 1.29 is 4.52 Å². The summed E-state index contributed by atoms with van der Waals surface area (Å²) < 4.78 is 5.43. The lowest BCUT2D eigenvalue weighted by molar-refractivity contribution is 0.380. The van der Waals surface area contributed by atoms with E-state index in [0.717, 1.165) is 35.8 Å². The van der Waals surface area contributed by atoms with Crippen molar-refractivity contribution in [2.45, 2.75) is 39.8 Å². The van der Waals surface area contributed by atoms with Crippen LogP contribution in [0.1, 0.15) is 36.4 Å². The van der Waals surface area contributed by atoms with Gasteiger partial charge in [0.2, 0.25) is 0 Å². The van der Waals surface area contributed by atoms with E-state index in [9.17, 15) is 0 Å². The Kier molecular flexibility index (Phi) is 5.89. The number of hydrogen-bond donors (Lipinski definition) is 2. The van der Waals surface area contributed by atoms with Gasteiger partial charge in [-0.15, -0.1) is 0 Å². The highest BCUT2D eigenvalue weighted by Gasteiger charge is 2.13. The first-order valence-electron chi connectivity index (χ1n) is 9.14. The van der Waals surface area contributed by atoms with Gasteiger partial charge in [-0.3, -0.25) is 4.99 Å². The topological polar surface area (TPSA) is 62.5 Å². The Labute approximate surface area is 154 Å². The number of benzene rings is 2. The van der Waals surface area contributed by atoms with Gasteiger partial charge in [0.25, 0.3) is 0 Å². The second kappa shape index (κ2) is 8.52. The van der Waals surface area contributed by atoms with Crippen molar-refractivity contribution in [3.63, 3.8) is 0 Å². The highest BCUT2D eigenvalue weighted by atomic mass is 16.5. The number of fused-ring (bicyclic) bond motifs is 1. The summed E-state index contributed by atoms with van der Waals surface area (Å²) in [4.78, 5) is 4.34. The molecule has 0 amide bonds. The number of aliphatic imine (C=N–C) groups is 1. The first-order valence-corrected chi connectivity index (χ1v) is 9.14. The van der Waals surface area contributed by atoms with Crippen molar-refractivity contribution in [2.24, 2.45) is 4.99 Å². The van der Waals surface area contributed by atoms with E-state index in [-0.39, 0.29) is 0 Å². The van der Waals surface area contributed by atoms with Gasteiger partial charge in [0.15, 0.2) is 5.96 Å². The minimum atomic E-state index is 0.658. The summed E-state index contributed by atoms with van der Waals surface area (Å²) in [6.45, 7) is 5.54. The molecular weight excluding hydrogens is 324 g/mol. The van der Waals surface area contributed by atoms with Crippen molar-refractivity contribution >= 4 is 16.7 Å². The number of aromatic nitrogens is 1. The van der Waals surface area contributed by atoms with Crippen LogP contribution in [0.3, 0.4) is 0 Å². The molecule has 2 aromatic carbocycles. The predicted octanol–water partition coefficient (Wildman–Crippen LogP) is 3.82. The summed E-state index contributed by atoms with van der Waals surface area (Å²) in [6, 6.07) is 14.8. The molecule has 3 rings (SSSR count). The molecule has 0 aliphatic carbocycles. The van der Waals surface area contributed by atoms with Gasteiger partial charge in [0.1, 0.15) is 5.76 Å². The molecule has 0 radical (unpaired) electrons. The van der Waals surface area contributed by atoms with Crippen LogP contribution in [0, 0.1) is 0 Å². The lowest BCUT2D eigenvalue weighted by Gasteiger charge is -2.13. The van der Waals surface area contributed by atoms with Crippen molar-refractivity contribution in [3.8, 4) is 0 Å². The molecule has 0 unspecified atom stereocenters. The molecule has 5 nitrogen and oxygen atoms in total. The molecule has 0 fully saturated rings. The van der Waals surface area contributed by atoms with Crippen LogP contribution < -0.4 is 10.6 Å². The number of guanidine groups is 1. The Hall–Kier alpha value is -2.82. The molecule has 0 saturated heterocycles. The average molecular weight is 350 g/mol. The molecule has 0 aliphatic heterocycles. The first kappa shape index (κ1) is 18.0. The first-order chi connectivity index (χ1) is 12.8. The van der Waals surface area contributed by atoms with Gasteiger partial charge in [0.05, 0.1) is 5.69 Å². The van der Waals surface area contributed by atoms with Gasteiger partial charge >= 0.3 is 0 Å². The molecule has 0 bridgehead atoms. The molecular formula is C21H26N4O. The fourth-order valence-electron chi connectivity index (χ4n) is 3.16. The number of nitrogens with zero attached hydrogens (tertiary/aromatic N) is 2. The van der Waals surface area contributed by atoms with Crippen molar-refractivity contribution in [3.05, 3.63) is 65.0 Å². The molecule has 0 spiro atoms. The van der Waals surface area contributed by atoms with Crippen LogP contribution in [-0.4, -0.2) is 18.2 Å². The Morgan fingerprint density at radius 3 is 2.54 bits per heavy atom. The maximum atomic E-state index is 5.43. The number of hydrogen-bond acceptors (Lipinski definition) is 3. The normalized spacial score (nSPS) is 11.7. The molecule has 26 heavy (non-hydrogen) atoms. The molecule has 2 N–H and O–H groups in total. The molecule has 1 aromatic heterocycles. The lowest BCUT2D eigenvalue weighted by atomic mass is 10.0. The van der Waals surface area contributed by atoms with Crippen molar-refractivity contribution in [1.29, 1.82) is 0 Å². The van der Waals surface area contributed by atoms with Crippen molar-refractivity contribution in [1.82, 2.24) is 15.8 Å². The fraction of sp³-hybridized carbons (Fsp3) is 0.333. The molecule has 1 heterocycles. The highest BCUT2D eigenvalue weighted by Crippen LogP contribution is 2.18. The zero-order chi connectivity index (χ0) is 18.4. The quantitative estimate of drug-likeness (QED) is 0.524. The Morgan fingerprint density at radius 2 is 1.77 bits per heavy atom. The Balaban J connectivity index is 1.66. The van der Waals surface area contributed by atoms with Crippen LogP contribution in [0.25, 0.3) is 10.8 Å². The lowest BCUT2D eigenvalue weighted by Crippen LogP contribution is -2.36. The minimum Gasteiger partial charge on any atom is -0.361 e. The van der Waals surface area contributed by atoms with Crippen LogP contribution in [-0.2, 0) is 25.9 Å². The molecule has 5 heteroatoms. The van der Waals surface area contributed by atoms with E-state index in [1.807, 2.05) is 0 Å². The smallest absolute Gasteiger partial charge is 0.191 e. The van der Waals surface area contributed by atoms with E-state index in [0.29, 0.717) is 13.1 Å². The summed E-state index contributed by atoms with van der Waals surface area (Å²) in [5, 5.41) is 13.5. The number of aryl methyl sites for hydroxylation is 2. The molecule has 0 aliphatic rings. The zero-order valence-corrected chi connectivity index (χ0v) is 15.7. The summed E-state index contributed by atoms with van der Waals surface area (Å²) in [5.41, 5.74) is 3.40. The summed E-state index contributed by atoms with van der Waals surface area (Å²) in [5.74, 6) is 1.71. The summed E-state index contributed by atoms with van der Waals surface area (Å²) in [6.07, 6.45) is 1.70. The van der Waals surface area contributed by atoms with E-state index in [2.05, 4.69) is 77.1 Å². The van der Waals surface area contributed by atoms with E-state index in [4.69, 9.17) is 4.52 Å². The summed E-state index contributed by atoms with van der Waals surface area (Å²) >= 11 is 0. The highest BCUT2D eigenvalue weighted by molar-refractivity contribution is 5.86. The van der Waals surface area contributed by atoms with E-state index >= 15 is 0 Å². The van der Waals surface area contributed by atoms with Crippen LogP contribution in [0.15, 0.2) is 52.0 Å². The fourth-order valence-corrected chi connectivity index (χ4v) is 3.16. The van der Waals surface area contributed by atoms with Crippen molar-refractivity contribution in [2.75, 3.05) is 7.05 Å². The van der Waals surface area contributed by atoms with E-state index in [1.165, 1.54) is 16.3 Å². The summed E-state index contributed by atoms with van der Waals surface area (Å²) in [7, 11) is 1.79. The molecule has 3 aromatic rings. The maximum Gasteiger partial charge on any atom is 0.191 e. The largest absolute Gasteiger partial charge is 0.361 e. The van der Waals surface area contributed by atoms with Gasteiger partial charge < -0.3 is 15.2 Å². The van der Waals surface area contributed by atoms with E-state index < -0.39 is 0 Å². The van der Waals surface area contributed by atoms with Crippen LogP contribution in [0.2, 0.25) is 0 Å². The molecule has 0 saturated carbocycles. The average Bonchev–Trinajstić information content (AvgIpc) is 3.10. The van der Waals surface area contributed by atoms with Crippen LogP contribution >= 0.6 is 0 Å². The third kappa shape index (κ3) is 3.87. The Morgan fingerprint density at radius 1 is 1.00 bits per heavy atom. The standard InChI is InChI=1S/C21H26N4O/c1-4-19-18(20(5-2)26-25-19)14-24-21(22-3)23-13-16-11-8-10-15-9-6-7-12-17(15)16/h6-12H,4-5,13-14H2,1-3H3,(H2,22,23,24). The van der Waals surface area contributed by atoms with Crippen LogP contribution in [0.4, 0.5) is 0 Å². The van der Waals surface area contributed by atoms with Gasteiger partial charge in [-0.1, -0.05) is 61.5 Å². The second-order valence-electron chi connectivity index (χ2n) is 6.16. The predicted molar refractivity (Wildman–Crippen MR) is 106 cm³/mol. The number of nitrogens with one attached hydrogen (secondary N) is 2. The third-order valence-corrected chi connectivity index (χ3v) is 4.59. The SMILES string of the molecule is CCc1noc(CC)c1CNC(=NC)NCc1cccc2ccccc12. The van der Waals surface area contributed by atoms with Gasteiger partial charge in [0, 0.05) is 32.1 Å². The zero-order valence-electron chi connectivity index (χ0n) is 15.7. The third-order valence-electron chi connectivity index (χ3n) is 4.59. The molecule has 0 atom stereocenters. The Bertz CT molecular complexity index is 871. The van der Waals surface area contributed by atoms with E-state index in [1.54, 1.807) is 7.05 Å².